The molecule has 6 heteroatoms. The quantitative estimate of drug-likeness (QED) is 0.726. The first-order valence-electron chi connectivity index (χ1n) is 7.41. The van der Waals surface area contributed by atoms with Crippen LogP contribution in [0.2, 0.25) is 0 Å². The molecule has 114 valence electrons. The van der Waals surface area contributed by atoms with E-state index in [1.165, 1.54) is 33.4 Å². The highest BCUT2D eigenvalue weighted by Crippen LogP contribution is 2.21. The van der Waals surface area contributed by atoms with Crippen LogP contribution in [-0.2, 0) is 14.3 Å². The minimum Gasteiger partial charge on any atom is -0.467 e. The molecule has 0 saturated carbocycles. The van der Waals surface area contributed by atoms with Crippen LogP contribution >= 0.6 is 0 Å². The summed E-state index contributed by atoms with van der Waals surface area (Å²) in [6, 6.07) is 0.0404. The van der Waals surface area contributed by atoms with Crippen molar-refractivity contribution in [3.63, 3.8) is 0 Å². The van der Waals surface area contributed by atoms with Crippen LogP contribution in [0.15, 0.2) is 0 Å². The fourth-order valence-electron chi connectivity index (χ4n) is 3.27. The Hall–Kier alpha value is -1.14. The maximum absolute atomic E-state index is 11.8. The van der Waals surface area contributed by atoms with Crippen LogP contribution in [0.25, 0.3) is 0 Å². The number of rotatable bonds is 4. The number of carbonyl (C=O) groups excluding carboxylic acids is 2. The Morgan fingerprint density at radius 3 is 2.75 bits per heavy atom. The molecule has 6 nitrogen and oxygen atoms in total. The monoisotopic (exact) mass is 283 g/mol. The summed E-state index contributed by atoms with van der Waals surface area (Å²) in [4.78, 5) is 27.8. The first kappa shape index (κ1) is 15.3. The van der Waals surface area contributed by atoms with E-state index in [2.05, 4.69) is 15.1 Å². The molecule has 0 aliphatic carbocycles. The Labute approximate surface area is 120 Å². The van der Waals surface area contributed by atoms with E-state index in [1.807, 2.05) is 0 Å². The molecule has 2 aliphatic heterocycles. The van der Waals surface area contributed by atoms with Crippen molar-refractivity contribution in [3.05, 3.63) is 0 Å². The van der Waals surface area contributed by atoms with Gasteiger partial charge in [-0.25, -0.2) is 4.79 Å². The van der Waals surface area contributed by atoms with Gasteiger partial charge in [-0.3, -0.25) is 14.6 Å². The molecule has 1 N–H and O–H groups in total. The van der Waals surface area contributed by atoms with E-state index in [0.29, 0.717) is 12.6 Å². The number of nitrogens with zero attached hydrogens (tertiary/aromatic N) is 2. The molecule has 2 unspecified atom stereocenters. The van der Waals surface area contributed by atoms with Crippen LogP contribution in [-0.4, -0.2) is 73.6 Å². The summed E-state index contributed by atoms with van der Waals surface area (Å²) in [7, 11) is 1.36. The molecule has 0 bridgehead atoms. The van der Waals surface area contributed by atoms with Gasteiger partial charge in [0.1, 0.15) is 6.04 Å². The molecule has 2 saturated heterocycles. The third kappa shape index (κ3) is 3.93. The maximum atomic E-state index is 11.8. The molecule has 2 heterocycles. The summed E-state index contributed by atoms with van der Waals surface area (Å²) in [5, 5.41) is 2.69. The Kier molecular flexibility index (Phi) is 5.37. The van der Waals surface area contributed by atoms with Crippen LogP contribution in [0.4, 0.5) is 0 Å². The first-order chi connectivity index (χ1) is 9.60. The number of nitrogens with one attached hydrogen (secondary N) is 1. The SMILES string of the molecule is COC(=O)C(CN1CCCN2CCCC2C1)NC(C)=O. The van der Waals surface area contributed by atoms with Crippen molar-refractivity contribution in [3.8, 4) is 0 Å². The standard InChI is InChI=1S/C14H25N3O3/c1-11(18)15-13(14(19)20-2)10-16-6-4-8-17-7-3-5-12(17)9-16/h12-13H,3-10H2,1-2H3,(H,15,18). The Morgan fingerprint density at radius 2 is 2.05 bits per heavy atom. The Bertz CT molecular complexity index is 362. The molecule has 1 amide bonds. The molecule has 0 aromatic heterocycles. The van der Waals surface area contributed by atoms with E-state index >= 15 is 0 Å². The zero-order valence-corrected chi connectivity index (χ0v) is 12.4. The Morgan fingerprint density at radius 1 is 1.30 bits per heavy atom. The summed E-state index contributed by atoms with van der Waals surface area (Å²) < 4.78 is 4.78. The smallest absolute Gasteiger partial charge is 0.329 e. The van der Waals surface area contributed by atoms with Gasteiger partial charge in [0, 0.05) is 26.1 Å². The number of amides is 1. The summed E-state index contributed by atoms with van der Waals surface area (Å²) in [6.07, 6.45) is 3.62. The van der Waals surface area contributed by atoms with Crippen LogP contribution in [0.1, 0.15) is 26.2 Å². The maximum Gasteiger partial charge on any atom is 0.329 e. The van der Waals surface area contributed by atoms with E-state index < -0.39 is 6.04 Å². The largest absolute Gasteiger partial charge is 0.467 e. The lowest BCUT2D eigenvalue weighted by Gasteiger charge is -2.28. The topological polar surface area (TPSA) is 61.9 Å². The van der Waals surface area contributed by atoms with Crippen molar-refractivity contribution < 1.29 is 14.3 Å². The van der Waals surface area contributed by atoms with Crippen LogP contribution in [0, 0.1) is 0 Å². The third-order valence-corrected chi connectivity index (χ3v) is 4.19. The third-order valence-electron chi connectivity index (χ3n) is 4.19. The highest BCUT2D eigenvalue weighted by atomic mass is 16.5. The van der Waals surface area contributed by atoms with Crippen molar-refractivity contribution >= 4 is 11.9 Å². The van der Waals surface area contributed by atoms with Crippen molar-refractivity contribution in [2.24, 2.45) is 0 Å². The highest BCUT2D eigenvalue weighted by molar-refractivity contribution is 5.83. The fourth-order valence-corrected chi connectivity index (χ4v) is 3.27. The van der Waals surface area contributed by atoms with Crippen molar-refractivity contribution in [2.45, 2.75) is 38.3 Å². The predicted molar refractivity (Wildman–Crippen MR) is 75.3 cm³/mol. The van der Waals surface area contributed by atoms with E-state index in [-0.39, 0.29) is 11.9 Å². The van der Waals surface area contributed by atoms with Gasteiger partial charge in [0.2, 0.25) is 5.91 Å². The normalized spacial score (nSPS) is 25.6. The van der Waals surface area contributed by atoms with Crippen LogP contribution < -0.4 is 5.32 Å². The van der Waals surface area contributed by atoms with Gasteiger partial charge in [-0.15, -0.1) is 0 Å². The highest BCUT2D eigenvalue weighted by Gasteiger charge is 2.31. The molecule has 0 aromatic rings. The molecule has 2 atom stereocenters. The second-order valence-corrected chi connectivity index (χ2v) is 5.72. The number of ether oxygens (including phenoxy) is 1. The van der Waals surface area contributed by atoms with E-state index in [9.17, 15) is 9.59 Å². The van der Waals surface area contributed by atoms with Gasteiger partial charge < -0.3 is 10.1 Å². The Balaban J connectivity index is 1.94. The fraction of sp³-hybridized carbons (Fsp3) is 0.857. The van der Waals surface area contributed by atoms with Crippen molar-refractivity contribution in [1.82, 2.24) is 15.1 Å². The summed E-state index contributed by atoms with van der Waals surface area (Å²) in [5.41, 5.74) is 0. The zero-order valence-electron chi connectivity index (χ0n) is 12.4. The van der Waals surface area contributed by atoms with Crippen molar-refractivity contribution in [2.75, 3.05) is 39.8 Å². The lowest BCUT2D eigenvalue weighted by atomic mass is 10.2. The van der Waals surface area contributed by atoms with Gasteiger partial charge >= 0.3 is 5.97 Å². The lowest BCUT2D eigenvalue weighted by molar-refractivity contribution is -0.145. The molecule has 0 aromatic carbocycles. The first-order valence-corrected chi connectivity index (χ1v) is 7.41. The van der Waals surface area contributed by atoms with Gasteiger partial charge in [-0.1, -0.05) is 0 Å². The number of methoxy groups -OCH3 is 1. The second kappa shape index (κ2) is 7.04. The van der Waals surface area contributed by atoms with E-state index in [0.717, 1.165) is 26.1 Å². The van der Waals surface area contributed by atoms with Crippen LogP contribution in [0.5, 0.6) is 0 Å². The minimum atomic E-state index is -0.564. The number of hydrogen-bond donors (Lipinski definition) is 1. The molecule has 0 spiro atoms. The predicted octanol–water partition coefficient (Wildman–Crippen LogP) is -0.166. The van der Waals surface area contributed by atoms with Gasteiger partial charge in [0.15, 0.2) is 0 Å². The molecule has 2 fully saturated rings. The minimum absolute atomic E-state index is 0.197. The van der Waals surface area contributed by atoms with Gasteiger partial charge in [-0.2, -0.15) is 0 Å². The van der Waals surface area contributed by atoms with E-state index in [1.54, 1.807) is 0 Å². The molecular formula is C14H25N3O3. The number of esters is 1. The van der Waals surface area contributed by atoms with Crippen molar-refractivity contribution in [1.29, 1.82) is 0 Å². The molecule has 2 aliphatic rings. The molecule has 2 rings (SSSR count). The summed E-state index contributed by atoms with van der Waals surface area (Å²) in [5.74, 6) is -0.564. The average Bonchev–Trinajstić information content (AvgIpc) is 2.75. The summed E-state index contributed by atoms with van der Waals surface area (Å²) in [6.45, 7) is 6.26. The summed E-state index contributed by atoms with van der Waals surface area (Å²) >= 11 is 0. The number of carbonyl (C=O) groups is 2. The van der Waals surface area contributed by atoms with E-state index in [4.69, 9.17) is 4.74 Å². The van der Waals surface area contributed by atoms with Crippen LogP contribution in [0.3, 0.4) is 0 Å². The molecule has 20 heavy (non-hydrogen) atoms. The lowest BCUT2D eigenvalue weighted by Crippen LogP contribution is -2.50. The van der Waals surface area contributed by atoms with Gasteiger partial charge in [0.25, 0.3) is 0 Å². The number of hydrogen-bond acceptors (Lipinski definition) is 5. The van der Waals surface area contributed by atoms with Gasteiger partial charge in [0.05, 0.1) is 7.11 Å². The zero-order chi connectivity index (χ0) is 14.5. The molecule has 0 radical (unpaired) electrons. The molecular weight excluding hydrogens is 258 g/mol. The second-order valence-electron chi connectivity index (χ2n) is 5.72. The average molecular weight is 283 g/mol. The van der Waals surface area contributed by atoms with Gasteiger partial charge in [-0.05, 0) is 38.9 Å². The number of fused-ring (bicyclic) bond motifs is 1.